The monoisotopic (exact) mass is 153 g/mol. The Hall–Kier alpha value is -0.560. The minimum Gasteiger partial charge on any atom is -0.392 e. The molecule has 0 bridgehead atoms. The number of aliphatic hydroxyl groups excluding tert-OH is 1. The average molecular weight is 153 g/mol. The van der Waals surface area contributed by atoms with E-state index in [0.29, 0.717) is 0 Å². The quantitative estimate of drug-likeness (QED) is 0.615. The first-order valence-electron chi connectivity index (χ1n) is 3.92. The van der Waals surface area contributed by atoms with Crippen molar-refractivity contribution < 1.29 is 5.11 Å². The second-order valence-electron chi connectivity index (χ2n) is 2.80. The Morgan fingerprint density at radius 3 is 2.45 bits per heavy atom. The van der Waals surface area contributed by atoms with Crippen LogP contribution in [0.5, 0.6) is 0 Å². The van der Waals surface area contributed by atoms with E-state index in [2.05, 4.69) is 19.9 Å². The Kier molecular flexibility index (Phi) is 5.86. The predicted molar refractivity (Wildman–Crippen MR) is 49.2 cm³/mol. The topological polar surface area (TPSA) is 20.2 Å². The van der Waals surface area contributed by atoms with Gasteiger partial charge < -0.3 is 5.11 Å². The lowest BCUT2D eigenvalue weighted by Crippen LogP contribution is -1.83. The number of aliphatic hydroxyl groups is 1. The molecular weight excluding hydrogens is 136 g/mol. The second kappa shape index (κ2) is 6.17. The Morgan fingerprint density at radius 2 is 2.00 bits per heavy atom. The molecule has 1 N–H and O–H groups in total. The van der Waals surface area contributed by atoms with Crippen LogP contribution >= 0.6 is 0 Å². The first kappa shape index (κ1) is 10.4. The molecule has 0 aromatic carbocycles. The van der Waals surface area contributed by atoms with E-state index in [9.17, 15) is 0 Å². The molecule has 0 spiro atoms. The number of allylic oxidation sites excluding steroid dienone is 3. The predicted octanol–water partition coefficient (Wildman–Crippen LogP) is 2.49. The van der Waals surface area contributed by atoms with Crippen LogP contribution in [0, 0.1) is 6.92 Å². The van der Waals surface area contributed by atoms with Crippen LogP contribution < -0.4 is 0 Å². The SMILES string of the molecule is [CH2]/C=C(\C)CC/C=C(\C)CO. The van der Waals surface area contributed by atoms with Crippen molar-refractivity contribution in [3.63, 3.8) is 0 Å². The molecule has 1 heteroatoms. The van der Waals surface area contributed by atoms with Crippen LogP contribution in [0.4, 0.5) is 0 Å². The molecule has 0 amide bonds. The molecule has 0 aromatic heterocycles. The van der Waals surface area contributed by atoms with Crippen LogP contribution in [0.25, 0.3) is 0 Å². The molecular formula is C10H17O. The van der Waals surface area contributed by atoms with Gasteiger partial charge >= 0.3 is 0 Å². The normalized spacial score (nSPS) is 13.8. The molecule has 0 unspecified atom stereocenters. The van der Waals surface area contributed by atoms with Crippen LogP contribution in [0.1, 0.15) is 26.7 Å². The van der Waals surface area contributed by atoms with Gasteiger partial charge in [0.15, 0.2) is 0 Å². The van der Waals surface area contributed by atoms with Gasteiger partial charge in [-0.2, -0.15) is 0 Å². The molecule has 0 rings (SSSR count). The molecule has 0 aliphatic heterocycles. The van der Waals surface area contributed by atoms with Crippen molar-refractivity contribution in [1.82, 2.24) is 0 Å². The summed E-state index contributed by atoms with van der Waals surface area (Å²) in [6.45, 7) is 7.84. The third-order valence-corrected chi connectivity index (χ3v) is 1.63. The zero-order valence-electron chi connectivity index (χ0n) is 7.43. The fourth-order valence-electron chi connectivity index (χ4n) is 0.713. The minimum atomic E-state index is 0.174. The van der Waals surface area contributed by atoms with Gasteiger partial charge in [0.05, 0.1) is 6.61 Å². The highest BCUT2D eigenvalue weighted by molar-refractivity contribution is 5.04. The summed E-state index contributed by atoms with van der Waals surface area (Å²) in [5.41, 5.74) is 2.34. The molecule has 1 nitrogen and oxygen atoms in total. The summed E-state index contributed by atoms with van der Waals surface area (Å²) >= 11 is 0. The highest BCUT2D eigenvalue weighted by atomic mass is 16.3. The smallest absolute Gasteiger partial charge is 0.0639 e. The zero-order valence-corrected chi connectivity index (χ0v) is 7.43. The van der Waals surface area contributed by atoms with E-state index < -0.39 is 0 Å². The molecule has 1 radical (unpaired) electrons. The third-order valence-electron chi connectivity index (χ3n) is 1.63. The number of hydrogen-bond acceptors (Lipinski definition) is 1. The maximum absolute atomic E-state index is 8.66. The first-order valence-corrected chi connectivity index (χ1v) is 3.92. The summed E-state index contributed by atoms with van der Waals surface area (Å²) < 4.78 is 0. The van der Waals surface area contributed by atoms with E-state index >= 15 is 0 Å². The van der Waals surface area contributed by atoms with Gasteiger partial charge in [-0.05, 0) is 33.6 Å². The molecule has 0 atom stereocenters. The summed E-state index contributed by atoms with van der Waals surface area (Å²) in [4.78, 5) is 0. The fourth-order valence-corrected chi connectivity index (χ4v) is 0.713. The van der Waals surface area contributed by atoms with Gasteiger partial charge in [0.1, 0.15) is 0 Å². The minimum absolute atomic E-state index is 0.174. The van der Waals surface area contributed by atoms with Crippen molar-refractivity contribution in [3.8, 4) is 0 Å². The first-order chi connectivity index (χ1) is 5.20. The largest absolute Gasteiger partial charge is 0.392 e. The second-order valence-corrected chi connectivity index (χ2v) is 2.80. The Balaban J connectivity index is 3.56. The van der Waals surface area contributed by atoms with Crippen LogP contribution in [-0.2, 0) is 0 Å². The van der Waals surface area contributed by atoms with Crippen LogP contribution in [0.15, 0.2) is 23.3 Å². The molecule has 0 aromatic rings. The summed E-state index contributed by atoms with van der Waals surface area (Å²) in [5, 5.41) is 8.66. The van der Waals surface area contributed by atoms with Gasteiger partial charge in [0.2, 0.25) is 0 Å². The van der Waals surface area contributed by atoms with Crippen molar-refractivity contribution >= 4 is 0 Å². The third kappa shape index (κ3) is 5.86. The van der Waals surface area contributed by atoms with E-state index in [1.807, 2.05) is 13.0 Å². The summed E-state index contributed by atoms with van der Waals surface area (Å²) in [7, 11) is 0. The maximum Gasteiger partial charge on any atom is 0.0639 e. The van der Waals surface area contributed by atoms with E-state index in [-0.39, 0.29) is 6.61 Å². The number of hydrogen-bond donors (Lipinski definition) is 1. The van der Waals surface area contributed by atoms with Crippen molar-refractivity contribution in [2.45, 2.75) is 26.7 Å². The Morgan fingerprint density at radius 1 is 1.36 bits per heavy atom. The van der Waals surface area contributed by atoms with Gasteiger partial charge in [-0.1, -0.05) is 23.3 Å². The van der Waals surface area contributed by atoms with E-state index in [0.717, 1.165) is 18.4 Å². The molecule has 0 aliphatic carbocycles. The lowest BCUT2D eigenvalue weighted by atomic mass is 10.1. The fraction of sp³-hybridized carbons (Fsp3) is 0.500. The van der Waals surface area contributed by atoms with Crippen molar-refractivity contribution in [1.29, 1.82) is 0 Å². The van der Waals surface area contributed by atoms with Crippen molar-refractivity contribution in [2.24, 2.45) is 0 Å². The van der Waals surface area contributed by atoms with Gasteiger partial charge in [-0.3, -0.25) is 0 Å². The van der Waals surface area contributed by atoms with Crippen LogP contribution in [0.3, 0.4) is 0 Å². The average Bonchev–Trinajstić information content (AvgIpc) is 2.04. The lowest BCUT2D eigenvalue weighted by molar-refractivity contribution is 0.331. The van der Waals surface area contributed by atoms with Gasteiger partial charge in [0.25, 0.3) is 0 Å². The highest BCUT2D eigenvalue weighted by Crippen LogP contribution is 2.05. The van der Waals surface area contributed by atoms with Gasteiger partial charge in [-0.25, -0.2) is 0 Å². The molecule has 11 heavy (non-hydrogen) atoms. The van der Waals surface area contributed by atoms with Gasteiger partial charge in [0, 0.05) is 0 Å². The lowest BCUT2D eigenvalue weighted by Gasteiger charge is -1.97. The molecule has 0 aliphatic rings. The number of rotatable bonds is 4. The molecule has 0 heterocycles. The Labute approximate surface area is 69.4 Å². The van der Waals surface area contributed by atoms with E-state index in [1.165, 1.54) is 5.57 Å². The molecule has 0 saturated carbocycles. The van der Waals surface area contributed by atoms with Crippen LogP contribution in [0.2, 0.25) is 0 Å². The summed E-state index contributed by atoms with van der Waals surface area (Å²) in [6.07, 6.45) is 5.99. The molecule has 0 fully saturated rings. The van der Waals surface area contributed by atoms with Crippen molar-refractivity contribution in [3.05, 3.63) is 30.2 Å². The van der Waals surface area contributed by atoms with Crippen molar-refractivity contribution in [2.75, 3.05) is 6.61 Å². The van der Waals surface area contributed by atoms with Crippen LogP contribution in [-0.4, -0.2) is 11.7 Å². The maximum atomic E-state index is 8.66. The highest BCUT2D eigenvalue weighted by Gasteiger charge is 1.87. The summed E-state index contributed by atoms with van der Waals surface area (Å²) in [6, 6.07) is 0. The summed E-state index contributed by atoms with van der Waals surface area (Å²) in [5.74, 6) is 0. The zero-order chi connectivity index (χ0) is 8.69. The standard InChI is InChI=1S/C10H17O/c1-4-9(2)6-5-7-10(3)8-11/h4,7,11H,1,5-6,8H2,2-3H3/b9-4+,10-7+. The molecule has 0 saturated heterocycles. The van der Waals surface area contributed by atoms with E-state index in [1.54, 1.807) is 0 Å². The van der Waals surface area contributed by atoms with Gasteiger partial charge in [-0.15, -0.1) is 0 Å². The van der Waals surface area contributed by atoms with E-state index in [4.69, 9.17) is 5.11 Å². The Bertz CT molecular complexity index is 154. The molecule has 63 valence electrons.